The molecule has 1 saturated heterocycles. The van der Waals surface area contributed by atoms with Crippen LogP contribution in [0.1, 0.15) is 57.8 Å². The Morgan fingerprint density at radius 1 is 0.864 bits per heavy atom. The quantitative estimate of drug-likeness (QED) is 0.240. The van der Waals surface area contributed by atoms with Crippen molar-refractivity contribution >= 4 is 8.56 Å². The summed E-state index contributed by atoms with van der Waals surface area (Å²) >= 11 is 0. The molecule has 1 heterocycles. The second-order valence-corrected chi connectivity index (χ2v) is 10.1. The van der Waals surface area contributed by atoms with Crippen molar-refractivity contribution in [1.82, 2.24) is 0 Å². The third-order valence-electron chi connectivity index (χ3n) is 4.49. The first-order chi connectivity index (χ1) is 10.7. The fourth-order valence-electron chi connectivity index (χ4n) is 2.55. The van der Waals surface area contributed by atoms with E-state index >= 15 is 0 Å². The van der Waals surface area contributed by atoms with Crippen molar-refractivity contribution in [2.75, 3.05) is 34.0 Å². The maximum atomic E-state index is 5.53. The van der Waals surface area contributed by atoms with E-state index in [-0.39, 0.29) is 0 Å². The third-order valence-corrected chi connectivity index (χ3v) is 7.48. The summed E-state index contributed by atoms with van der Waals surface area (Å²) in [5, 5.41) is 0. The summed E-state index contributed by atoms with van der Waals surface area (Å²) in [7, 11) is 1.74. The fourth-order valence-corrected chi connectivity index (χ4v) is 4.02. The number of rotatable bonds is 16. The maximum Gasteiger partial charge on any atom is 0.334 e. The molecule has 0 bridgehead atoms. The summed E-state index contributed by atoms with van der Waals surface area (Å²) in [6.45, 7) is 4.75. The van der Waals surface area contributed by atoms with Gasteiger partial charge in [-0.25, -0.2) is 0 Å². The standard InChI is InChI=1S/C17H36O4Si/c1-18-22(3,19-2)14-12-10-8-6-4-5-7-9-11-13-20-15-17-16-21-17/h17H,4-16H2,1-3H3. The zero-order chi connectivity index (χ0) is 16.1. The summed E-state index contributed by atoms with van der Waals surface area (Å²) in [6, 6.07) is 1.12. The Morgan fingerprint density at radius 2 is 1.36 bits per heavy atom. The van der Waals surface area contributed by atoms with Gasteiger partial charge in [0.15, 0.2) is 0 Å². The minimum atomic E-state index is -1.82. The van der Waals surface area contributed by atoms with E-state index in [1.54, 1.807) is 14.2 Å². The SMILES string of the molecule is CO[Si](C)(CCCCCCCCCCCOCC1CO1)OC. The first-order valence-corrected chi connectivity index (χ1v) is 11.5. The zero-order valence-electron chi connectivity index (χ0n) is 14.9. The molecule has 1 atom stereocenters. The number of hydrogen-bond acceptors (Lipinski definition) is 4. The molecule has 0 aliphatic carbocycles. The van der Waals surface area contributed by atoms with Gasteiger partial charge in [-0.15, -0.1) is 0 Å². The number of hydrogen-bond donors (Lipinski definition) is 0. The minimum absolute atomic E-state index is 0.410. The molecule has 132 valence electrons. The van der Waals surface area contributed by atoms with Crippen molar-refractivity contribution in [1.29, 1.82) is 0 Å². The van der Waals surface area contributed by atoms with Gasteiger partial charge in [-0.05, 0) is 19.0 Å². The van der Waals surface area contributed by atoms with Gasteiger partial charge in [0.1, 0.15) is 6.10 Å². The fraction of sp³-hybridized carbons (Fsp3) is 1.00. The molecule has 0 aromatic rings. The number of unbranched alkanes of at least 4 members (excludes halogenated alkanes) is 8. The molecule has 0 radical (unpaired) electrons. The molecule has 1 aliphatic rings. The lowest BCUT2D eigenvalue weighted by Gasteiger charge is -2.22. The molecule has 5 heteroatoms. The lowest BCUT2D eigenvalue weighted by Crippen LogP contribution is -2.35. The highest BCUT2D eigenvalue weighted by Gasteiger charge is 2.27. The molecule has 0 saturated carbocycles. The summed E-state index contributed by atoms with van der Waals surface area (Å²) in [6.07, 6.45) is 12.3. The van der Waals surface area contributed by atoms with Crippen LogP contribution in [-0.4, -0.2) is 48.7 Å². The molecule has 1 fully saturated rings. The Morgan fingerprint density at radius 3 is 1.86 bits per heavy atom. The van der Waals surface area contributed by atoms with E-state index in [0.29, 0.717) is 6.10 Å². The van der Waals surface area contributed by atoms with E-state index in [1.807, 2.05) is 0 Å². The van der Waals surface area contributed by atoms with E-state index in [4.69, 9.17) is 18.3 Å². The lowest BCUT2D eigenvalue weighted by molar-refractivity contribution is 0.113. The molecular weight excluding hydrogens is 296 g/mol. The molecule has 1 aliphatic heterocycles. The smallest absolute Gasteiger partial charge is 0.334 e. The van der Waals surface area contributed by atoms with Crippen LogP contribution in [0.15, 0.2) is 0 Å². The van der Waals surface area contributed by atoms with E-state index in [1.165, 1.54) is 57.8 Å². The lowest BCUT2D eigenvalue weighted by atomic mass is 10.1. The van der Waals surface area contributed by atoms with Gasteiger partial charge in [0.2, 0.25) is 0 Å². The molecule has 1 rings (SSSR count). The molecule has 22 heavy (non-hydrogen) atoms. The average Bonchev–Trinajstić information content (AvgIpc) is 3.36. The Bertz CT molecular complexity index is 255. The molecule has 1 unspecified atom stereocenters. The van der Waals surface area contributed by atoms with Crippen molar-refractivity contribution < 1.29 is 18.3 Å². The summed E-state index contributed by atoms with van der Waals surface area (Å²) in [5.41, 5.74) is 0. The number of epoxide rings is 1. The first-order valence-electron chi connectivity index (χ1n) is 9.00. The highest BCUT2D eigenvalue weighted by atomic mass is 28.4. The van der Waals surface area contributed by atoms with Crippen molar-refractivity contribution in [2.45, 2.75) is 76.5 Å². The van der Waals surface area contributed by atoms with Gasteiger partial charge >= 0.3 is 8.56 Å². The van der Waals surface area contributed by atoms with Crippen LogP contribution in [0.25, 0.3) is 0 Å². The topological polar surface area (TPSA) is 40.2 Å². The monoisotopic (exact) mass is 332 g/mol. The molecule has 0 spiro atoms. The second kappa shape index (κ2) is 12.5. The maximum absolute atomic E-state index is 5.53. The van der Waals surface area contributed by atoms with Gasteiger partial charge < -0.3 is 18.3 Å². The molecule has 0 aromatic heterocycles. The van der Waals surface area contributed by atoms with Crippen LogP contribution in [0.2, 0.25) is 12.6 Å². The van der Waals surface area contributed by atoms with Gasteiger partial charge in [-0.3, -0.25) is 0 Å². The van der Waals surface area contributed by atoms with Crippen LogP contribution >= 0.6 is 0 Å². The molecule has 4 nitrogen and oxygen atoms in total. The Kier molecular flexibility index (Phi) is 11.4. The van der Waals surface area contributed by atoms with E-state index in [9.17, 15) is 0 Å². The van der Waals surface area contributed by atoms with Crippen molar-refractivity contribution in [3.8, 4) is 0 Å². The predicted molar refractivity (Wildman–Crippen MR) is 92.6 cm³/mol. The highest BCUT2D eigenvalue weighted by molar-refractivity contribution is 6.65. The van der Waals surface area contributed by atoms with Crippen molar-refractivity contribution in [2.24, 2.45) is 0 Å². The summed E-state index contributed by atoms with van der Waals surface area (Å²) in [5.74, 6) is 0. The minimum Gasteiger partial charge on any atom is -0.398 e. The zero-order valence-corrected chi connectivity index (χ0v) is 15.9. The number of ether oxygens (including phenoxy) is 2. The third kappa shape index (κ3) is 10.7. The van der Waals surface area contributed by atoms with Crippen molar-refractivity contribution in [3.05, 3.63) is 0 Å². The molecule has 0 amide bonds. The van der Waals surface area contributed by atoms with Crippen LogP contribution in [0.3, 0.4) is 0 Å². The predicted octanol–water partition coefficient (Wildman–Crippen LogP) is 4.28. The Balaban J connectivity index is 1.72. The van der Waals surface area contributed by atoms with Crippen molar-refractivity contribution in [3.63, 3.8) is 0 Å². The van der Waals surface area contributed by atoms with Gasteiger partial charge in [0.25, 0.3) is 0 Å². The van der Waals surface area contributed by atoms with Crippen LogP contribution in [0.5, 0.6) is 0 Å². The van der Waals surface area contributed by atoms with Gasteiger partial charge in [-0.2, -0.15) is 0 Å². The van der Waals surface area contributed by atoms with E-state index < -0.39 is 8.56 Å². The van der Waals surface area contributed by atoms with E-state index in [2.05, 4.69) is 6.55 Å². The summed E-state index contributed by atoms with van der Waals surface area (Å²) < 4.78 is 21.6. The normalized spacial score (nSPS) is 17.9. The Hall–Kier alpha value is 0.0569. The second-order valence-electron chi connectivity index (χ2n) is 6.50. The van der Waals surface area contributed by atoms with Crippen LogP contribution in [0.4, 0.5) is 0 Å². The summed E-state index contributed by atoms with van der Waals surface area (Å²) in [4.78, 5) is 0. The largest absolute Gasteiger partial charge is 0.398 e. The van der Waals surface area contributed by atoms with Gasteiger partial charge in [-0.1, -0.05) is 51.4 Å². The average molecular weight is 333 g/mol. The van der Waals surface area contributed by atoms with Gasteiger partial charge in [0.05, 0.1) is 13.2 Å². The van der Waals surface area contributed by atoms with Crippen LogP contribution < -0.4 is 0 Å². The molecule has 0 aromatic carbocycles. The van der Waals surface area contributed by atoms with Crippen LogP contribution in [-0.2, 0) is 18.3 Å². The molecule has 0 N–H and O–H groups in total. The van der Waals surface area contributed by atoms with Crippen LogP contribution in [0, 0.1) is 0 Å². The Labute approximate surface area is 138 Å². The highest BCUT2D eigenvalue weighted by Crippen LogP contribution is 2.17. The molecular formula is C17H36O4Si. The van der Waals surface area contributed by atoms with Gasteiger partial charge in [0, 0.05) is 20.8 Å². The van der Waals surface area contributed by atoms with E-state index in [0.717, 1.165) is 25.9 Å². The first kappa shape index (κ1) is 20.1.